The summed E-state index contributed by atoms with van der Waals surface area (Å²) in [4.78, 5) is 26.3. The minimum Gasteiger partial charge on any atom is -0.378 e. The van der Waals surface area contributed by atoms with E-state index in [0.29, 0.717) is 56.0 Å². The third-order valence-corrected chi connectivity index (χ3v) is 7.70. The lowest BCUT2D eigenvalue weighted by atomic mass is 10.0. The van der Waals surface area contributed by atoms with Gasteiger partial charge in [-0.3, -0.25) is 0 Å². The Bertz CT molecular complexity index is 1120. The fourth-order valence-electron chi connectivity index (χ4n) is 5.38. The minimum absolute atomic E-state index is 0.0908. The second kappa shape index (κ2) is 10.8. The molecule has 3 aliphatic rings. The summed E-state index contributed by atoms with van der Waals surface area (Å²) in [6.45, 7) is 8.31. The quantitative estimate of drug-likeness (QED) is 0.555. The molecule has 200 valence electrons. The molecule has 2 aromatic rings. The maximum Gasteiger partial charge on any atom is 0.321 e. The summed E-state index contributed by atoms with van der Waals surface area (Å²) in [6, 6.07) is 7.26. The summed E-state index contributed by atoms with van der Waals surface area (Å²) in [7, 11) is 0. The van der Waals surface area contributed by atoms with Crippen molar-refractivity contribution >= 4 is 23.5 Å². The van der Waals surface area contributed by atoms with E-state index in [-0.39, 0.29) is 24.9 Å². The van der Waals surface area contributed by atoms with Gasteiger partial charge in [0.05, 0.1) is 18.9 Å². The van der Waals surface area contributed by atoms with Gasteiger partial charge in [-0.05, 0) is 43.4 Å². The van der Waals surface area contributed by atoms with Gasteiger partial charge in [-0.25, -0.2) is 18.6 Å². The second-order valence-electron chi connectivity index (χ2n) is 10.4. The Labute approximate surface area is 216 Å². The third-order valence-electron chi connectivity index (χ3n) is 7.70. The monoisotopic (exact) mass is 514 g/mol. The summed E-state index contributed by atoms with van der Waals surface area (Å²) < 4.78 is 33.1. The molecule has 0 spiro atoms. The number of hydrogen-bond acceptors (Lipinski definition) is 6. The first-order valence-corrected chi connectivity index (χ1v) is 13.3. The predicted octanol–water partition coefficient (Wildman–Crippen LogP) is 5.15. The molecule has 2 N–H and O–H groups in total. The number of benzene rings is 1. The molecule has 1 aromatic heterocycles. The molecule has 1 aromatic carbocycles. The van der Waals surface area contributed by atoms with Crippen molar-refractivity contribution in [3.63, 3.8) is 0 Å². The Hall–Kier alpha value is -3.01. The van der Waals surface area contributed by atoms with Crippen LogP contribution >= 0.6 is 0 Å². The van der Waals surface area contributed by atoms with Crippen molar-refractivity contribution < 1.29 is 18.3 Å². The molecule has 1 unspecified atom stereocenters. The van der Waals surface area contributed by atoms with Crippen LogP contribution in [0.1, 0.15) is 44.6 Å². The number of aromatic nitrogens is 2. The zero-order chi connectivity index (χ0) is 26.0. The van der Waals surface area contributed by atoms with E-state index >= 15 is 0 Å². The number of anilines is 3. The first-order valence-electron chi connectivity index (χ1n) is 13.3. The molecule has 2 amide bonds. The molecule has 8 nitrogen and oxygen atoms in total. The van der Waals surface area contributed by atoms with E-state index in [4.69, 9.17) is 9.72 Å². The third kappa shape index (κ3) is 6.11. The Kier molecular flexibility index (Phi) is 7.46. The van der Waals surface area contributed by atoms with Gasteiger partial charge in [0.15, 0.2) is 0 Å². The molecule has 37 heavy (non-hydrogen) atoms. The smallest absolute Gasteiger partial charge is 0.321 e. The van der Waals surface area contributed by atoms with Gasteiger partial charge in [-0.1, -0.05) is 19.4 Å². The number of morpholine rings is 1. The Morgan fingerprint density at radius 2 is 1.97 bits per heavy atom. The van der Waals surface area contributed by atoms with Gasteiger partial charge in [0.25, 0.3) is 0 Å². The summed E-state index contributed by atoms with van der Waals surface area (Å²) in [5, 5.41) is 6.21. The van der Waals surface area contributed by atoms with Crippen LogP contribution in [0.4, 0.5) is 31.0 Å². The van der Waals surface area contributed by atoms with Crippen LogP contribution < -0.4 is 15.5 Å². The van der Waals surface area contributed by atoms with Crippen LogP contribution in [0.3, 0.4) is 0 Å². The lowest BCUT2D eigenvalue weighted by Crippen LogP contribution is -2.37. The molecule has 1 saturated carbocycles. The van der Waals surface area contributed by atoms with Crippen molar-refractivity contribution in [2.45, 2.75) is 57.9 Å². The van der Waals surface area contributed by atoms with Gasteiger partial charge < -0.3 is 25.2 Å². The average Bonchev–Trinajstić information content (AvgIpc) is 3.51. The normalized spacial score (nSPS) is 23.4. The molecule has 1 aliphatic carbocycles. The van der Waals surface area contributed by atoms with Crippen molar-refractivity contribution in [2.75, 3.05) is 54.9 Å². The predicted molar refractivity (Wildman–Crippen MR) is 140 cm³/mol. The van der Waals surface area contributed by atoms with Crippen molar-refractivity contribution in [1.82, 2.24) is 14.9 Å². The summed E-state index contributed by atoms with van der Waals surface area (Å²) in [5.74, 6) is -1.02. The average molecular weight is 515 g/mol. The number of halogens is 2. The number of urea groups is 1. The van der Waals surface area contributed by atoms with E-state index in [9.17, 15) is 13.6 Å². The van der Waals surface area contributed by atoms with Crippen LogP contribution in [0, 0.1) is 12.8 Å². The molecule has 0 radical (unpaired) electrons. The number of ether oxygens (including phenoxy) is 1. The van der Waals surface area contributed by atoms with Crippen LogP contribution in [-0.2, 0) is 4.74 Å². The fourth-order valence-corrected chi connectivity index (χ4v) is 5.38. The number of nitrogens with one attached hydrogen (secondary N) is 2. The first kappa shape index (κ1) is 25.6. The van der Waals surface area contributed by atoms with Crippen molar-refractivity contribution in [3.8, 4) is 11.3 Å². The van der Waals surface area contributed by atoms with Crippen LogP contribution in [0.25, 0.3) is 11.3 Å². The zero-order valence-corrected chi connectivity index (χ0v) is 21.6. The van der Waals surface area contributed by atoms with Gasteiger partial charge in [0.1, 0.15) is 5.82 Å². The Morgan fingerprint density at radius 3 is 2.68 bits per heavy atom. The number of likely N-dealkylation sites (tertiary alicyclic amines) is 1. The number of carbonyl (C=O) groups excluding carboxylic acids is 1. The number of rotatable bonds is 6. The highest BCUT2D eigenvalue weighted by Gasteiger charge is 2.39. The van der Waals surface area contributed by atoms with Gasteiger partial charge in [-0.15, -0.1) is 0 Å². The standard InChI is InChI=1S/C27H36F2N6O2/c1-3-19-7-9-35(17-19)26(36)31-20-5-4-18(2)22(14-20)23-15-24(34-10-12-37-13-11-34)33-25(32-23)30-21-6-8-27(28,29)16-21/h4-5,14-15,19,21H,3,6-13,16-17H2,1-2H3,(H,31,36)(H,30,32,33)/t19-,21?/m1/s1. The molecule has 2 saturated heterocycles. The number of carbonyl (C=O) groups is 1. The van der Waals surface area contributed by atoms with Crippen molar-refractivity contribution in [2.24, 2.45) is 5.92 Å². The van der Waals surface area contributed by atoms with Crippen LogP contribution in [0.15, 0.2) is 24.3 Å². The molecule has 3 heterocycles. The minimum atomic E-state index is -2.65. The molecule has 0 bridgehead atoms. The molecular weight excluding hydrogens is 478 g/mol. The van der Waals surface area contributed by atoms with E-state index in [0.717, 1.165) is 42.9 Å². The summed E-state index contributed by atoms with van der Waals surface area (Å²) in [5.41, 5.74) is 3.24. The lowest BCUT2D eigenvalue weighted by molar-refractivity contribution is 0.00851. The van der Waals surface area contributed by atoms with Crippen molar-refractivity contribution in [3.05, 3.63) is 29.8 Å². The van der Waals surface area contributed by atoms with Gasteiger partial charge >= 0.3 is 6.03 Å². The molecule has 5 rings (SSSR count). The highest BCUT2D eigenvalue weighted by molar-refractivity contribution is 5.90. The highest BCUT2D eigenvalue weighted by atomic mass is 19.3. The number of alkyl halides is 2. The van der Waals surface area contributed by atoms with Crippen LogP contribution in [-0.4, -0.2) is 72.3 Å². The van der Waals surface area contributed by atoms with E-state index in [1.807, 2.05) is 36.1 Å². The SMILES string of the molecule is CC[C@@H]1CCN(C(=O)Nc2ccc(C)c(-c3cc(N4CCOCC4)nc(NC4CCC(F)(F)C4)n3)c2)C1. The van der Waals surface area contributed by atoms with E-state index in [1.165, 1.54) is 0 Å². The highest BCUT2D eigenvalue weighted by Crippen LogP contribution is 2.36. The molecular formula is C27H36F2N6O2. The number of nitrogens with zero attached hydrogens (tertiary/aromatic N) is 4. The fraction of sp³-hybridized carbons (Fsp3) is 0.593. The molecule has 10 heteroatoms. The lowest BCUT2D eigenvalue weighted by Gasteiger charge is -2.28. The Balaban J connectivity index is 1.41. The molecule has 2 aliphatic heterocycles. The largest absolute Gasteiger partial charge is 0.378 e. The maximum absolute atomic E-state index is 13.8. The molecule has 3 fully saturated rings. The second-order valence-corrected chi connectivity index (χ2v) is 10.4. The zero-order valence-electron chi connectivity index (χ0n) is 21.6. The summed E-state index contributed by atoms with van der Waals surface area (Å²) >= 11 is 0. The van der Waals surface area contributed by atoms with Gasteiger partial charge in [0.2, 0.25) is 11.9 Å². The van der Waals surface area contributed by atoms with Gasteiger partial charge in [0, 0.05) is 62.4 Å². The van der Waals surface area contributed by atoms with E-state index < -0.39 is 5.92 Å². The van der Waals surface area contributed by atoms with Crippen molar-refractivity contribution in [1.29, 1.82) is 0 Å². The van der Waals surface area contributed by atoms with Gasteiger partial charge in [-0.2, -0.15) is 4.98 Å². The van der Waals surface area contributed by atoms with Crippen LogP contribution in [0.5, 0.6) is 0 Å². The van der Waals surface area contributed by atoms with E-state index in [1.54, 1.807) is 0 Å². The molecule has 2 atom stereocenters. The summed E-state index contributed by atoms with van der Waals surface area (Å²) in [6.07, 6.45) is 2.15. The topological polar surface area (TPSA) is 82.6 Å². The van der Waals surface area contributed by atoms with Crippen LogP contribution in [0.2, 0.25) is 0 Å². The first-order chi connectivity index (χ1) is 17.8. The van der Waals surface area contributed by atoms with E-state index in [2.05, 4.69) is 27.4 Å². The number of aryl methyl sites for hydroxylation is 1. The maximum atomic E-state index is 13.8. The number of amides is 2. The Morgan fingerprint density at radius 1 is 1.16 bits per heavy atom. The number of hydrogen-bond donors (Lipinski definition) is 2.